The third kappa shape index (κ3) is 9.51. The first kappa shape index (κ1) is 32.0. The lowest BCUT2D eigenvalue weighted by molar-refractivity contribution is -0.139. The van der Waals surface area contributed by atoms with E-state index in [4.69, 9.17) is 9.47 Å². The van der Waals surface area contributed by atoms with Crippen LogP contribution in [0.4, 0.5) is 13.2 Å². The van der Waals surface area contributed by atoms with Gasteiger partial charge in [-0.3, -0.25) is 4.79 Å². The molecule has 0 aliphatic heterocycles. The molecule has 0 spiro atoms. The van der Waals surface area contributed by atoms with Crippen molar-refractivity contribution in [3.63, 3.8) is 0 Å². The minimum Gasteiger partial charge on any atom is -0.494 e. The van der Waals surface area contributed by atoms with Gasteiger partial charge in [-0.25, -0.2) is 4.79 Å². The van der Waals surface area contributed by atoms with Crippen LogP contribution in [0.2, 0.25) is 0 Å². The Kier molecular flexibility index (Phi) is 12.0. The van der Waals surface area contributed by atoms with Gasteiger partial charge in [0.1, 0.15) is 5.75 Å². The summed E-state index contributed by atoms with van der Waals surface area (Å²) in [6.07, 6.45) is 5.73. The Bertz CT molecular complexity index is 1380. The first-order chi connectivity index (χ1) is 19.6. The molecule has 0 aliphatic carbocycles. The predicted molar refractivity (Wildman–Crippen MR) is 157 cm³/mol. The molecule has 1 aromatic heterocycles. The number of rotatable bonds is 16. The topological polar surface area (TPSA) is 57.5 Å². The summed E-state index contributed by atoms with van der Waals surface area (Å²) in [5, 5.41) is 0.692. The lowest BCUT2D eigenvalue weighted by Gasteiger charge is -2.16. The van der Waals surface area contributed by atoms with Crippen LogP contribution in [-0.4, -0.2) is 23.8 Å². The molecule has 0 N–H and O–H groups in total. The quantitative estimate of drug-likeness (QED) is 0.0981. The lowest BCUT2D eigenvalue weighted by atomic mass is 9.98. The van der Waals surface area contributed by atoms with Crippen molar-refractivity contribution in [1.82, 2.24) is 4.57 Å². The van der Waals surface area contributed by atoms with Gasteiger partial charge in [0.2, 0.25) is 0 Å². The van der Waals surface area contributed by atoms with Gasteiger partial charge in [0.05, 0.1) is 24.3 Å². The first-order valence-corrected chi connectivity index (χ1v) is 14.4. The summed E-state index contributed by atoms with van der Waals surface area (Å²) in [7, 11) is 1.56. The fraction of sp³-hybridized carbons (Fsp3) is 0.455. The smallest absolute Gasteiger partial charge is 0.417 e. The Labute approximate surface area is 240 Å². The molecule has 0 unspecified atom stereocenters. The number of halogens is 3. The van der Waals surface area contributed by atoms with E-state index in [0.717, 1.165) is 70.3 Å². The molecule has 0 amide bonds. The van der Waals surface area contributed by atoms with Crippen LogP contribution in [0.15, 0.2) is 65.5 Å². The molecule has 0 fully saturated rings. The first-order valence-electron chi connectivity index (χ1n) is 14.4. The summed E-state index contributed by atoms with van der Waals surface area (Å²) in [5.41, 5.74) is -0.422. The number of esters is 1. The third-order valence-corrected chi connectivity index (χ3v) is 7.11. The average Bonchev–Trinajstić information content (AvgIpc) is 2.94. The minimum absolute atomic E-state index is 0.00849. The van der Waals surface area contributed by atoms with Gasteiger partial charge in [0.15, 0.2) is 0 Å². The van der Waals surface area contributed by atoms with Gasteiger partial charge < -0.3 is 14.0 Å². The summed E-state index contributed by atoms with van der Waals surface area (Å²) in [6, 6.07) is 12.5. The number of alkyl halides is 3. The highest BCUT2D eigenvalue weighted by atomic mass is 19.4. The summed E-state index contributed by atoms with van der Waals surface area (Å²) < 4.78 is 54.2. The maximum absolute atomic E-state index is 14.0. The van der Waals surface area contributed by atoms with Crippen LogP contribution >= 0.6 is 0 Å². The number of carbonyl (C=O) groups excluding carboxylic acids is 1. The zero-order valence-electron chi connectivity index (χ0n) is 24.0. The Morgan fingerprint density at radius 3 is 2.02 bits per heavy atom. The van der Waals surface area contributed by atoms with Crippen LogP contribution < -0.4 is 10.3 Å². The minimum atomic E-state index is -4.64. The molecule has 1 heterocycles. The zero-order chi connectivity index (χ0) is 29.8. The van der Waals surface area contributed by atoms with Crippen molar-refractivity contribution in [2.75, 3.05) is 13.2 Å². The van der Waals surface area contributed by atoms with Crippen molar-refractivity contribution in [2.45, 2.75) is 77.3 Å². The normalized spacial score (nSPS) is 11.5. The number of ether oxygens (including phenoxy) is 2. The van der Waals surface area contributed by atoms with Crippen molar-refractivity contribution in [3.05, 3.63) is 76.6 Å². The molecule has 0 radical (unpaired) electrons. The second-order valence-electron chi connectivity index (χ2n) is 10.5. The highest BCUT2D eigenvalue weighted by Crippen LogP contribution is 2.39. The summed E-state index contributed by atoms with van der Waals surface area (Å²) in [4.78, 5) is 24.2. The lowest BCUT2D eigenvalue weighted by Crippen LogP contribution is -2.20. The fourth-order valence-corrected chi connectivity index (χ4v) is 4.79. The number of benzene rings is 2. The van der Waals surface area contributed by atoms with E-state index < -0.39 is 17.3 Å². The number of unbranched alkanes of at least 4 members (excludes halogenated alkanes) is 9. The van der Waals surface area contributed by atoms with E-state index in [9.17, 15) is 22.8 Å². The van der Waals surface area contributed by atoms with E-state index in [1.165, 1.54) is 22.8 Å². The van der Waals surface area contributed by atoms with Crippen LogP contribution in [0.5, 0.6) is 5.75 Å². The molecule has 0 saturated heterocycles. The van der Waals surface area contributed by atoms with Gasteiger partial charge in [-0.15, -0.1) is 0 Å². The maximum atomic E-state index is 14.0. The van der Waals surface area contributed by atoms with Crippen LogP contribution in [0.1, 0.15) is 76.7 Å². The third-order valence-electron chi connectivity index (χ3n) is 7.11. The number of nitrogens with zero attached hydrogens (tertiary/aromatic N) is 1. The van der Waals surface area contributed by atoms with Crippen molar-refractivity contribution >= 4 is 16.9 Å². The largest absolute Gasteiger partial charge is 0.494 e. The molecule has 0 bridgehead atoms. The monoisotopic (exact) mass is 571 g/mol. The number of fused-ring (bicyclic) bond motifs is 1. The number of aryl methyl sites for hydroxylation is 1. The van der Waals surface area contributed by atoms with Gasteiger partial charge in [-0.05, 0) is 61.0 Å². The second-order valence-corrected chi connectivity index (χ2v) is 10.5. The van der Waals surface area contributed by atoms with Gasteiger partial charge >= 0.3 is 12.1 Å². The van der Waals surface area contributed by atoms with Crippen molar-refractivity contribution in [2.24, 2.45) is 7.05 Å². The van der Waals surface area contributed by atoms with E-state index in [1.807, 2.05) is 0 Å². The highest BCUT2D eigenvalue weighted by molar-refractivity contribution is 5.87. The Morgan fingerprint density at radius 2 is 1.41 bits per heavy atom. The summed E-state index contributed by atoms with van der Waals surface area (Å²) in [5.74, 6) is -0.183. The average molecular weight is 572 g/mol. The van der Waals surface area contributed by atoms with Gasteiger partial charge in [-0.2, -0.15) is 13.2 Å². The molecular formula is C33H40F3NO4. The van der Waals surface area contributed by atoms with E-state index in [-0.39, 0.29) is 22.8 Å². The van der Waals surface area contributed by atoms with Gasteiger partial charge in [0.25, 0.3) is 5.56 Å². The number of para-hydroxylation sites is 1. The second kappa shape index (κ2) is 15.5. The van der Waals surface area contributed by atoms with Crippen molar-refractivity contribution in [1.29, 1.82) is 0 Å². The van der Waals surface area contributed by atoms with Gasteiger partial charge in [0, 0.05) is 18.2 Å². The number of carbonyl (C=O) groups is 1. The molecule has 41 heavy (non-hydrogen) atoms. The Balaban J connectivity index is 1.40. The van der Waals surface area contributed by atoms with E-state index in [0.29, 0.717) is 29.7 Å². The van der Waals surface area contributed by atoms with Crippen molar-refractivity contribution < 1.29 is 27.4 Å². The molecule has 0 atom stereocenters. The number of aromatic nitrogens is 1. The Morgan fingerprint density at radius 1 is 0.829 bits per heavy atom. The molecule has 5 nitrogen and oxygen atoms in total. The Hall–Kier alpha value is -3.55. The molecule has 2 aromatic carbocycles. The molecule has 222 valence electrons. The van der Waals surface area contributed by atoms with Crippen LogP contribution in [0.3, 0.4) is 0 Å². The van der Waals surface area contributed by atoms with Crippen molar-refractivity contribution in [3.8, 4) is 16.9 Å². The number of hydrogen-bond donors (Lipinski definition) is 0. The van der Waals surface area contributed by atoms with E-state index in [1.54, 1.807) is 38.2 Å². The number of pyridine rings is 1. The molecule has 3 aromatic rings. The SMILES string of the molecule is C=C(C)C(=O)OCCCCCCCCCCCCOc1ccc(-c2cc3ccccc3n(C)c2=O)c(C(F)(F)F)c1. The van der Waals surface area contributed by atoms with Crippen LogP contribution in [0, 0.1) is 0 Å². The fourth-order valence-electron chi connectivity index (χ4n) is 4.79. The number of hydrogen-bond acceptors (Lipinski definition) is 4. The molecule has 0 aliphatic rings. The van der Waals surface area contributed by atoms with E-state index >= 15 is 0 Å². The van der Waals surface area contributed by atoms with E-state index in [2.05, 4.69) is 6.58 Å². The zero-order valence-corrected chi connectivity index (χ0v) is 24.0. The standard InChI is InChI=1S/C33H40F3NO4/c1-24(2)32(39)41-21-15-11-9-7-5-4-6-8-10-14-20-40-26-18-19-27(29(23-26)33(34,35)36)28-22-25-16-12-13-17-30(25)37(3)31(28)38/h12-13,16-19,22-23H,1,4-11,14-15,20-21H2,2-3H3. The summed E-state index contributed by atoms with van der Waals surface area (Å²) in [6.45, 7) is 5.98. The van der Waals surface area contributed by atoms with Crippen LogP contribution in [-0.2, 0) is 22.8 Å². The predicted octanol–water partition coefficient (Wildman–Crippen LogP) is 8.62. The molecule has 3 rings (SSSR count). The van der Waals surface area contributed by atoms with Crippen LogP contribution in [0.25, 0.3) is 22.0 Å². The highest BCUT2D eigenvalue weighted by Gasteiger charge is 2.35. The summed E-state index contributed by atoms with van der Waals surface area (Å²) >= 11 is 0. The molecule has 0 saturated carbocycles. The maximum Gasteiger partial charge on any atom is 0.417 e. The van der Waals surface area contributed by atoms with Gasteiger partial charge in [-0.1, -0.05) is 76.1 Å². The molecule has 8 heteroatoms. The molecular weight excluding hydrogens is 531 g/mol.